The standard InChI is InChI=1S/C25H28BrCl2N3O2/c1-30-12-2-3-19(15-30)31(22(23(29)32)13-16-4-6-17(26)7-5-16)24(33)25(10-11-25)20-9-8-18(27)14-21(20)28/h4-9,14,19,22H,2-3,10-13,15H2,1H3,(H2,29,32)/t19?,22-/m0/s1. The van der Waals surface area contributed by atoms with Crippen molar-refractivity contribution >= 4 is 50.9 Å². The second-order valence-corrected chi connectivity index (χ2v) is 11.0. The van der Waals surface area contributed by atoms with Gasteiger partial charge in [0.1, 0.15) is 6.04 Å². The van der Waals surface area contributed by atoms with Gasteiger partial charge >= 0.3 is 0 Å². The highest BCUT2D eigenvalue weighted by atomic mass is 79.9. The quantitative estimate of drug-likeness (QED) is 0.536. The molecule has 2 fully saturated rings. The number of amides is 2. The number of primary amides is 1. The Morgan fingerprint density at radius 1 is 1.21 bits per heavy atom. The molecule has 1 aliphatic carbocycles. The van der Waals surface area contributed by atoms with Crippen molar-refractivity contribution in [3.05, 3.63) is 68.1 Å². The van der Waals surface area contributed by atoms with Gasteiger partial charge in [0.15, 0.2) is 0 Å². The first-order valence-corrected chi connectivity index (χ1v) is 12.8. The predicted octanol–water partition coefficient (Wildman–Crippen LogP) is 4.81. The largest absolute Gasteiger partial charge is 0.368 e. The number of carbonyl (C=O) groups excluding carboxylic acids is 2. The van der Waals surface area contributed by atoms with Crippen LogP contribution in [0.25, 0.3) is 0 Å². The number of likely N-dealkylation sites (N-methyl/N-ethyl adjacent to an activating group) is 1. The summed E-state index contributed by atoms with van der Waals surface area (Å²) in [7, 11) is 2.05. The van der Waals surface area contributed by atoms with Crippen LogP contribution in [-0.2, 0) is 21.4 Å². The van der Waals surface area contributed by atoms with E-state index in [9.17, 15) is 9.59 Å². The molecule has 1 unspecified atom stereocenters. The van der Waals surface area contributed by atoms with Crippen molar-refractivity contribution in [1.29, 1.82) is 0 Å². The minimum Gasteiger partial charge on any atom is -0.368 e. The summed E-state index contributed by atoms with van der Waals surface area (Å²) < 4.78 is 0.957. The fourth-order valence-electron chi connectivity index (χ4n) is 4.96. The predicted molar refractivity (Wildman–Crippen MR) is 136 cm³/mol. The Bertz CT molecular complexity index is 1040. The number of carbonyl (C=O) groups is 2. The molecule has 0 radical (unpaired) electrons. The third kappa shape index (κ3) is 5.24. The normalized spacial score (nSPS) is 20.8. The second-order valence-electron chi connectivity index (χ2n) is 9.23. The van der Waals surface area contributed by atoms with Crippen molar-refractivity contribution in [2.24, 2.45) is 5.73 Å². The molecule has 5 nitrogen and oxygen atoms in total. The number of halogens is 3. The lowest BCUT2D eigenvalue weighted by Crippen LogP contribution is -2.60. The molecule has 2 N–H and O–H groups in total. The van der Waals surface area contributed by atoms with Gasteiger partial charge < -0.3 is 15.5 Å². The van der Waals surface area contributed by atoms with Crippen molar-refractivity contribution in [2.45, 2.75) is 49.6 Å². The SMILES string of the molecule is CN1CCCC(N(C(=O)C2(c3ccc(Cl)cc3Cl)CC2)[C@@H](Cc2ccc(Br)cc2)C(N)=O)C1. The first kappa shape index (κ1) is 24.5. The summed E-state index contributed by atoms with van der Waals surface area (Å²) in [5.74, 6) is -0.551. The monoisotopic (exact) mass is 551 g/mol. The molecule has 1 aliphatic heterocycles. The van der Waals surface area contributed by atoms with Gasteiger partial charge in [-0.2, -0.15) is 0 Å². The molecule has 2 atom stereocenters. The number of nitrogens with zero attached hydrogens (tertiary/aromatic N) is 2. The van der Waals surface area contributed by atoms with Crippen LogP contribution in [-0.4, -0.2) is 53.8 Å². The molecule has 1 saturated heterocycles. The van der Waals surface area contributed by atoms with Crippen LogP contribution in [0.1, 0.15) is 36.8 Å². The minimum atomic E-state index is -0.737. The van der Waals surface area contributed by atoms with E-state index in [1.54, 1.807) is 17.0 Å². The van der Waals surface area contributed by atoms with Crippen LogP contribution in [0.5, 0.6) is 0 Å². The van der Waals surface area contributed by atoms with E-state index in [1.807, 2.05) is 37.4 Å². The highest BCUT2D eigenvalue weighted by Crippen LogP contribution is 2.53. The Labute approximate surface area is 213 Å². The summed E-state index contributed by atoms with van der Waals surface area (Å²) in [5.41, 5.74) is 6.95. The highest BCUT2D eigenvalue weighted by Gasteiger charge is 2.56. The fourth-order valence-corrected chi connectivity index (χ4v) is 5.81. The second kappa shape index (κ2) is 9.95. The molecule has 2 aromatic carbocycles. The molecular weight excluding hydrogens is 525 g/mol. The maximum atomic E-state index is 14.3. The van der Waals surface area contributed by atoms with E-state index < -0.39 is 17.4 Å². The first-order valence-electron chi connectivity index (χ1n) is 11.2. The number of benzene rings is 2. The van der Waals surface area contributed by atoms with Gasteiger partial charge in [0, 0.05) is 33.5 Å². The molecule has 2 aromatic rings. The van der Waals surface area contributed by atoms with E-state index in [2.05, 4.69) is 20.8 Å². The molecule has 1 saturated carbocycles. The van der Waals surface area contributed by atoms with E-state index in [1.165, 1.54) is 0 Å². The molecule has 4 rings (SSSR count). The molecule has 1 heterocycles. The highest BCUT2D eigenvalue weighted by molar-refractivity contribution is 9.10. The molecule has 0 bridgehead atoms. The molecule has 0 aromatic heterocycles. The zero-order valence-electron chi connectivity index (χ0n) is 18.6. The van der Waals surface area contributed by atoms with Gasteiger partial charge in [0.2, 0.25) is 11.8 Å². The van der Waals surface area contributed by atoms with E-state index in [4.69, 9.17) is 28.9 Å². The van der Waals surface area contributed by atoms with Crippen LogP contribution in [0.2, 0.25) is 10.0 Å². The van der Waals surface area contributed by atoms with Crippen LogP contribution < -0.4 is 5.73 Å². The van der Waals surface area contributed by atoms with E-state index >= 15 is 0 Å². The van der Waals surface area contributed by atoms with Gasteiger partial charge in [0.05, 0.1) is 5.41 Å². The average molecular weight is 553 g/mol. The van der Waals surface area contributed by atoms with Crippen molar-refractivity contribution in [2.75, 3.05) is 20.1 Å². The van der Waals surface area contributed by atoms with E-state index in [-0.39, 0.29) is 11.9 Å². The summed E-state index contributed by atoms with van der Waals surface area (Å²) in [6.45, 7) is 1.68. The lowest BCUT2D eigenvalue weighted by molar-refractivity contribution is -0.145. The van der Waals surface area contributed by atoms with Gasteiger partial charge in [-0.15, -0.1) is 0 Å². The Morgan fingerprint density at radius 3 is 2.48 bits per heavy atom. The zero-order chi connectivity index (χ0) is 23.8. The van der Waals surface area contributed by atoms with E-state index in [0.29, 0.717) is 35.9 Å². The maximum absolute atomic E-state index is 14.3. The number of piperidine rings is 1. The zero-order valence-corrected chi connectivity index (χ0v) is 21.7. The smallest absolute Gasteiger partial charge is 0.240 e. The van der Waals surface area contributed by atoms with E-state index in [0.717, 1.165) is 35.0 Å². The third-order valence-corrected chi connectivity index (χ3v) is 7.92. The molecule has 33 heavy (non-hydrogen) atoms. The van der Waals surface area contributed by atoms with Gasteiger partial charge in [-0.1, -0.05) is 57.3 Å². The number of nitrogens with two attached hydrogens (primary N) is 1. The van der Waals surface area contributed by atoms with Crippen LogP contribution in [0.15, 0.2) is 46.9 Å². The number of likely N-dealkylation sites (tertiary alicyclic amines) is 1. The Kier molecular flexibility index (Phi) is 7.39. The molecule has 2 amide bonds. The molecule has 8 heteroatoms. The first-order chi connectivity index (χ1) is 15.7. The van der Waals surface area contributed by atoms with Gasteiger partial charge in [-0.25, -0.2) is 0 Å². The topological polar surface area (TPSA) is 66.6 Å². The average Bonchev–Trinajstić information content (AvgIpc) is 3.56. The molecular formula is C25H28BrCl2N3O2. The lowest BCUT2D eigenvalue weighted by atomic mass is 9.90. The lowest BCUT2D eigenvalue weighted by Gasteiger charge is -2.43. The van der Waals surface area contributed by atoms with Crippen molar-refractivity contribution in [1.82, 2.24) is 9.80 Å². The van der Waals surface area contributed by atoms with Crippen LogP contribution in [0.4, 0.5) is 0 Å². The maximum Gasteiger partial charge on any atom is 0.240 e. The van der Waals surface area contributed by atoms with Crippen molar-refractivity contribution < 1.29 is 9.59 Å². The molecule has 176 valence electrons. The van der Waals surface area contributed by atoms with Crippen molar-refractivity contribution in [3.63, 3.8) is 0 Å². The Hall–Kier alpha value is -1.60. The number of rotatable bonds is 7. The van der Waals surface area contributed by atoms with Crippen LogP contribution in [0, 0.1) is 0 Å². The summed E-state index contributed by atoms with van der Waals surface area (Å²) in [4.78, 5) is 31.1. The van der Waals surface area contributed by atoms with Gasteiger partial charge in [0.25, 0.3) is 0 Å². The summed E-state index contributed by atoms with van der Waals surface area (Å²) >= 11 is 16.1. The molecule has 2 aliphatic rings. The van der Waals surface area contributed by atoms with Crippen molar-refractivity contribution in [3.8, 4) is 0 Å². The Balaban J connectivity index is 1.72. The number of hydrogen-bond acceptors (Lipinski definition) is 3. The minimum absolute atomic E-state index is 0.0621. The van der Waals surface area contributed by atoms with Gasteiger partial charge in [-0.05, 0) is 74.7 Å². The Morgan fingerprint density at radius 2 is 1.91 bits per heavy atom. The third-order valence-electron chi connectivity index (χ3n) is 6.84. The van der Waals surface area contributed by atoms with Gasteiger partial charge in [-0.3, -0.25) is 9.59 Å². The summed E-state index contributed by atoms with van der Waals surface area (Å²) in [6.07, 6.45) is 3.55. The van der Waals surface area contributed by atoms with Crippen LogP contribution >= 0.6 is 39.1 Å². The number of hydrogen-bond donors (Lipinski definition) is 1. The van der Waals surface area contributed by atoms with Crippen LogP contribution in [0.3, 0.4) is 0 Å². The summed E-state index contributed by atoms with van der Waals surface area (Å²) in [6, 6.07) is 12.2. The molecule has 0 spiro atoms. The summed E-state index contributed by atoms with van der Waals surface area (Å²) in [5, 5.41) is 1.01. The fraction of sp³-hybridized carbons (Fsp3) is 0.440.